The normalized spacial score (nSPS) is 10.4. The number of halogens is 1. The van der Waals surface area contributed by atoms with Gasteiger partial charge in [0.25, 0.3) is 0 Å². The van der Waals surface area contributed by atoms with Crippen LogP contribution >= 0.6 is 15.9 Å². The molecular weight excluding hydrogens is 280 g/mol. The molecule has 0 unspecified atom stereocenters. The molecule has 0 spiro atoms. The number of benzene rings is 2. The van der Waals surface area contributed by atoms with Gasteiger partial charge in [0, 0.05) is 23.1 Å². The average Bonchev–Trinajstić information content (AvgIpc) is 2.29. The zero-order chi connectivity index (χ0) is 12.3. The molecule has 2 rings (SSSR count). The first-order valence-corrected chi connectivity index (χ1v) is 6.16. The Hall–Kier alpha value is -1.55. The highest BCUT2D eigenvalue weighted by Gasteiger charge is 1.98. The van der Waals surface area contributed by atoms with Gasteiger partial charge < -0.3 is 11.1 Å². The Kier molecular flexibility index (Phi) is 3.64. The van der Waals surface area contributed by atoms with Crippen molar-refractivity contribution in [3.05, 3.63) is 40.9 Å². The van der Waals surface area contributed by atoms with Gasteiger partial charge in [-0.25, -0.2) is 0 Å². The highest BCUT2D eigenvalue weighted by atomic mass is 79.9. The van der Waals surface area contributed by atoms with E-state index in [2.05, 4.69) is 39.4 Å². The molecule has 0 saturated heterocycles. The summed E-state index contributed by atoms with van der Waals surface area (Å²) in [6, 6.07) is 12.2. The number of amides is 1. The Morgan fingerprint density at radius 2 is 1.88 bits per heavy atom. The second kappa shape index (κ2) is 5.19. The Balaban J connectivity index is 2.14. The first kappa shape index (κ1) is 11.9. The highest BCUT2D eigenvalue weighted by Crippen LogP contribution is 2.22. The van der Waals surface area contributed by atoms with Crippen LogP contribution in [0, 0.1) is 0 Å². The predicted octanol–water partition coefficient (Wildman–Crippen LogP) is 2.89. The lowest BCUT2D eigenvalue weighted by atomic mass is 10.1. The van der Waals surface area contributed by atoms with Crippen LogP contribution in [-0.2, 0) is 4.79 Å². The summed E-state index contributed by atoms with van der Waals surface area (Å²) in [4.78, 5) is 10.6. The van der Waals surface area contributed by atoms with Crippen molar-refractivity contribution in [1.29, 1.82) is 0 Å². The van der Waals surface area contributed by atoms with Crippen LogP contribution in [0.1, 0.15) is 6.42 Å². The van der Waals surface area contributed by atoms with Crippen molar-refractivity contribution in [2.75, 3.05) is 11.9 Å². The number of carbonyl (C=O) groups excluding carboxylic acids is 1. The Bertz CT molecular complexity index is 554. The molecule has 0 bridgehead atoms. The van der Waals surface area contributed by atoms with E-state index in [-0.39, 0.29) is 5.91 Å². The molecule has 0 aliphatic heterocycles. The van der Waals surface area contributed by atoms with E-state index < -0.39 is 0 Å². The second-order valence-corrected chi connectivity index (χ2v) is 4.77. The van der Waals surface area contributed by atoms with Gasteiger partial charge in [-0.2, -0.15) is 0 Å². The van der Waals surface area contributed by atoms with E-state index in [1.807, 2.05) is 18.2 Å². The maximum Gasteiger partial charge on any atom is 0.219 e. The molecule has 0 aliphatic carbocycles. The molecule has 1 amide bonds. The number of fused-ring (bicyclic) bond motifs is 1. The van der Waals surface area contributed by atoms with Crippen LogP contribution in [0.5, 0.6) is 0 Å². The lowest BCUT2D eigenvalue weighted by molar-refractivity contribution is -0.117. The molecule has 0 radical (unpaired) electrons. The number of hydrogen-bond donors (Lipinski definition) is 2. The number of carbonyl (C=O) groups is 1. The van der Waals surface area contributed by atoms with Gasteiger partial charge in [-0.15, -0.1) is 0 Å². The summed E-state index contributed by atoms with van der Waals surface area (Å²) in [7, 11) is 0. The highest BCUT2D eigenvalue weighted by molar-refractivity contribution is 9.10. The zero-order valence-electron chi connectivity index (χ0n) is 9.24. The van der Waals surface area contributed by atoms with Crippen molar-refractivity contribution < 1.29 is 4.79 Å². The topological polar surface area (TPSA) is 55.1 Å². The number of hydrogen-bond acceptors (Lipinski definition) is 2. The predicted molar refractivity (Wildman–Crippen MR) is 73.9 cm³/mol. The van der Waals surface area contributed by atoms with Crippen LogP contribution in [-0.4, -0.2) is 12.5 Å². The molecule has 0 atom stereocenters. The third-order valence-electron chi connectivity index (χ3n) is 2.50. The van der Waals surface area contributed by atoms with Gasteiger partial charge in [-0.3, -0.25) is 4.79 Å². The van der Waals surface area contributed by atoms with Gasteiger partial charge in [-0.05, 0) is 35.0 Å². The van der Waals surface area contributed by atoms with Gasteiger partial charge in [-0.1, -0.05) is 28.1 Å². The maximum absolute atomic E-state index is 10.6. The quantitative estimate of drug-likeness (QED) is 0.910. The smallest absolute Gasteiger partial charge is 0.219 e. The summed E-state index contributed by atoms with van der Waals surface area (Å²) in [5.41, 5.74) is 6.08. The number of nitrogens with two attached hydrogens (primary N) is 1. The second-order valence-electron chi connectivity index (χ2n) is 3.85. The fourth-order valence-corrected chi connectivity index (χ4v) is 2.04. The van der Waals surface area contributed by atoms with Crippen LogP contribution in [0.15, 0.2) is 40.9 Å². The van der Waals surface area contributed by atoms with Crippen LogP contribution in [0.4, 0.5) is 5.69 Å². The van der Waals surface area contributed by atoms with Crippen LogP contribution in [0.25, 0.3) is 10.8 Å². The van der Waals surface area contributed by atoms with Gasteiger partial charge in [0.05, 0.1) is 0 Å². The molecule has 17 heavy (non-hydrogen) atoms. The molecule has 2 aromatic rings. The average molecular weight is 293 g/mol. The summed E-state index contributed by atoms with van der Waals surface area (Å²) >= 11 is 3.44. The number of nitrogens with one attached hydrogen (secondary N) is 1. The number of rotatable bonds is 4. The zero-order valence-corrected chi connectivity index (χ0v) is 10.8. The van der Waals surface area contributed by atoms with E-state index in [9.17, 15) is 4.79 Å². The fraction of sp³-hybridized carbons (Fsp3) is 0.154. The van der Waals surface area contributed by atoms with E-state index in [1.165, 1.54) is 5.39 Å². The SMILES string of the molecule is NC(=O)CCNc1ccc2cc(Br)ccc2c1. The minimum Gasteiger partial charge on any atom is -0.385 e. The number of primary amides is 1. The maximum atomic E-state index is 10.6. The molecule has 4 heteroatoms. The van der Waals surface area contributed by atoms with Gasteiger partial charge in [0.1, 0.15) is 0 Å². The Morgan fingerprint density at radius 1 is 1.18 bits per heavy atom. The third kappa shape index (κ3) is 3.20. The summed E-state index contributed by atoms with van der Waals surface area (Å²) in [6.07, 6.45) is 0.346. The van der Waals surface area contributed by atoms with Crippen molar-refractivity contribution in [2.24, 2.45) is 5.73 Å². The molecule has 0 saturated carbocycles. The summed E-state index contributed by atoms with van der Waals surface area (Å²) in [5.74, 6) is -0.290. The number of anilines is 1. The van der Waals surface area contributed by atoms with Gasteiger partial charge in [0.15, 0.2) is 0 Å². The molecule has 88 valence electrons. The van der Waals surface area contributed by atoms with Crippen LogP contribution < -0.4 is 11.1 Å². The minimum atomic E-state index is -0.290. The lowest BCUT2D eigenvalue weighted by Gasteiger charge is -2.06. The molecule has 2 aromatic carbocycles. The van der Waals surface area contributed by atoms with Crippen molar-refractivity contribution >= 4 is 38.3 Å². The van der Waals surface area contributed by atoms with Crippen molar-refractivity contribution in [3.63, 3.8) is 0 Å². The Morgan fingerprint density at radius 3 is 2.65 bits per heavy atom. The molecule has 0 fully saturated rings. The van der Waals surface area contributed by atoms with Crippen molar-refractivity contribution in [3.8, 4) is 0 Å². The molecule has 0 aliphatic rings. The first-order valence-electron chi connectivity index (χ1n) is 5.36. The van der Waals surface area contributed by atoms with Gasteiger partial charge >= 0.3 is 0 Å². The van der Waals surface area contributed by atoms with E-state index >= 15 is 0 Å². The summed E-state index contributed by atoms with van der Waals surface area (Å²) in [6.45, 7) is 0.567. The van der Waals surface area contributed by atoms with E-state index in [1.54, 1.807) is 0 Å². The van der Waals surface area contributed by atoms with Crippen LogP contribution in [0.2, 0.25) is 0 Å². The molecule has 0 heterocycles. The largest absolute Gasteiger partial charge is 0.385 e. The van der Waals surface area contributed by atoms with E-state index in [0.29, 0.717) is 13.0 Å². The van der Waals surface area contributed by atoms with Crippen molar-refractivity contribution in [2.45, 2.75) is 6.42 Å². The first-order chi connectivity index (χ1) is 8.15. The van der Waals surface area contributed by atoms with E-state index in [4.69, 9.17) is 5.73 Å². The lowest BCUT2D eigenvalue weighted by Crippen LogP contribution is -2.15. The molecule has 0 aromatic heterocycles. The molecular formula is C13H13BrN2O. The molecule has 3 nitrogen and oxygen atoms in total. The summed E-state index contributed by atoms with van der Waals surface area (Å²) in [5, 5.41) is 5.51. The molecule has 3 N–H and O–H groups in total. The summed E-state index contributed by atoms with van der Waals surface area (Å²) < 4.78 is 1.07. The minimum absolute atomic E-state index is 0.290. The van der Waals surface area contributed by atoms with Crippen LogP contribution in [0.3, 0.4) is 0 Å². The van der Waals surface area contributed by atoms with Crippen molar-refractivity contribution in [1.82, 2.24) is 0 Å². The standard InChI is InChI=1S/C13H13BrN2O/c14-11-3-1-10-8-12(4-2-9(10)7-11)16-6-5-13(15)17/h1-4,7-8,16H,5-6H2,(H2,15,17). The van der Waals surface area contributed by atoms with Gasteiger partial charge in [0.2, 0.25) is 5.91 Å². The monoisotopic (exact) mass is 292 g/mol. The fourth-order valence-electron chi connectivity index (χ4n) is 1.66. The Labute approximate surface area is 108 Å². The van der Waals surface area contributed by atoms with E-state index in [0.717, 1.165) is 15.5 Å². The third-order valence-corrected chi connectivity index (χ3v) is 3.00.